The second kappa shape index (κ2) is 6.96. The van der Waals surface area contributed by atoms with Gasteiger partial charge in [0.15, 0.2) is 6.04 Å². The highest BCUT2D eigenvalue weighted by Gasteiger charge is 2.19. The molecule has 6 nitrogen and oxygen atoms in total. The number of hydrogen-bond acceptors (Lipinski definition) is 3. The lowest BCUT2D eigenvalue weighted by Crippen LogP contribution is -2.48. The highest BCUT2D eigenvalue weighted by Crippen LogP contribution is 2.15. The molecule has 0 saturated carbocycles. The van der Waals surface area contributed by atoms with Gasteiger partial charge in [0.25, 0.3) is 0 Å². The van der Waals surface area contributed by atoms with Crippen molar-refractivity contribution in [3.05, 3.63) is 34.9 Å². The van der Waals surface area contributed by atoms with Crippen molar-refractivity contribution in [2.75, 3.05) is 6.61 Å². The zero-order chi connectivity index (χ0) is 14.4. The fourth-order valence-corrected chi connectivity index (χ4v) is 1.54. The van der Waals surface area contributed by atoms with Crippen LogP contribution in [0.3, 0.4) is 0 Å². The number of nitrogens with one attached hydrogen (secondary N) is 2. The maximum Gasteiger partial charge on any atom is 0.328 e. The van der Waals surface area contributed by atoms with Crippen molar-refractivity contribution in [2.24, 2.45) is 0 Å². The topological polar surface area (TPSA) is 98.7 Å². The van der Waals surface area contributed by atoms with E-state index < -0.39 is 24.6 Å². The third-order valence-corrected chi connectivity index (χ3v) is 2.76. The summed E-state index contributed by atoms with van der Waals surface area (Å²) in [5, 5.41) is 22.8. The molecule has 0 bridgehead atoms. The Morgan fingerprint density at radius 2 is 1.84 bits per heavy atom. The Labute approximate surface area is 115 Å². The lowest BCUT2D eigenvalue weighted by atomic mass is 10.1. The zero-order valence-corrected chi connectivity index (χ0v) is 11.0. The van der Waals surface area contributed by atoms with Crippen LogP contribution in [0.1, 0.15) is 18.5 Å². The van der Waals surface area contributed by atoms with E-state index in [-0.39, 0.29) is 6.04 Å². The van der Waals surface area contributed by atoms with Gasteiger partial charge in [0.2, 0.25) is 0 Å². The third-order valence-electron chi connectivity index (χ3n) is 2.50. The molecule has 1 aromatic rings. The van der Waals surface area contributed by atoms with Gasteiger partial charge in [0, 0.05) is 5.02 Å². The molecule has 0 aliphatic heterocycles. The van der Waals surface area contributed by atoms with Gasteiger partial charge in [-0.2, -0.15) is 0 Å². The zero-order valence-electron chi connectivity index (χ0n) is 10.3. The number of carboxylic acid groups (broad SMARTS) is 1. The quantitative estimate of drug-likeness (QED) is 0.652. The minimum atomic E-state index is -1.32. The van der Waals surface area contributed by atoms with E-state index >= 15 is 0 Å². The molecule has 1 unspecified atom stereocenters. The molecule has 0 aromatic heterocycles. The fourth-order valence-electron chi connectivity index (χ4n) is 1.42. The van der Waals surface area contributed by atoms with Crippen LogP contribution in [0.2, 0.25) is 5.02 Å². The van der Waals surface area contributed by atoms with E-state index in [4.69, 9.17) is 21.8 Å². The van der Waals surface area contributed by atoms with Gasteiger partial charge in [-0.15, -0.1) is 0 Å². The smallest absolute Gasteiger partial charge is 0.328 e. The van der Waals surface area contributed by atoms with Crippen molar-refractivity contribution < 1.29 is 19.8 Å². The van der Waals surface area contributed by atoms with Crippen LogP contribution in [0.25, 0.3) is 0 Å². The van der Waals surface area contributed by atoms with E-state index in [9.17, 15) is 9.59 Å². The monoisotopic (exact) mass is 286 g/mol. The van der Waals surface area contributed by atoms with Gasteiger partial charge in [-0.05, 0) is 24.6 Å². The van der Waals surface area contributed by atoms with Gasteiger partial charge in [0.1, 0.15) is 0 Å². The summed E-state index contributed by atoms with van der Waals surface area (Å²) in [6.45, 7) is 1.08. The summed E-state index contributed by atoms with van der Waals surface area (Å²) >= 11 is 5.75. The van der Waals surface area contributed by atoms with Crippen LogP contribution in [0, 0.1) is 0 Å². The molecule has 4 N–H and O–H groups in total. The highest BCUT2D eigenvalue weighted by molar-refractivity contribution is 6.30. The standard InChI is InChI=1S/C12H15ClN2O4/c1-7(8-2-4-9(13)5-3-8)14-12(19)15-10(6-16)11(17)18/h2-5,7,10,16H,6H2,1H3,(H,17,18)(H2,14,15,19)/t7?,10-/m1/s1. The van der Waals surface area contributed by atoms with Crippen molar-refractivity contribution in [2.45, 2.75) is 19.0 Å². The summed E-state index contributed by atoms with van der Waals surface area (Å²) in [7, 11) is 0. The molecule has 0 spiro atoms. The molecule has 0 heterocycles. The van der Waals surface area contributed by atoms with Crippen molar-refractivity contribution in [3.63, 3.8) is 0 Å². The fraction of sp³-hybridized carbons (Fsp3) is 0.333. The molecule has 104 valence electrons. The van der Waals surface area contributed by atoms with E-state index in [1.807, 2.05) is 0 Å². The first-order chi connectivity index (χ1) is 8.93. The number of benzene rings is 1. The number of carbonyl (C=O) groups is 2. The molecule has 1 rings (SSSR count). The first-order valence-electron chi connectivity index (χ1n) is 5.60. The van der Waals surface area contributed by atoms with Crippen LogP contribution >= 0.6 is 11.6 Å². The highest BCUT2D eigenvalue weighted by atomic mass is 35.5. The van der Waals surface area contributed by atoms with Crippen LogP contribution in [0.5, 0.6) is 0 Å². The molecule has 0 fully saturated rings. The molecule has 0 radical (unpaired) electrons. The number of hydrogen-bond donors (Lipinski definition) is 4. The summed E-state index contributed by atoms with van der Waals surface area (Å²) in [5.74, 6) is -1.29. The predicted octanol–water partition coefficient (Wildman–Crippen LogP) is 1.15. The molecule has 0 aliphatic carbocycles. The Kier molecular flexibility index (Phi) is 5.59. The van der Waals surface area contributed by atoms with E-state index in [2.05, 4.69) is 10.6 Å². The van der Waals surface area contributed by atoms with Crippen LogP contribution in [0.4, 0.5) is 4.79 Å². The molecule has 1 aromatic carbocycles. The van der Waals surface area contributed by atoms with Crippen LogP contribution in [-0.4, -0.2) is 34.9 Å². The number of aliphatic carboxylic acids is 1. The molecule has 0 aliphatic rings. The molecule has 19 heavy (non-hydrogen) atoms. The lowest BCUT2D eigenvalue weighted by molar-refractivity contribution is -0.140. The number of aliphatic hydroxyl groups is 1. The summed E-state index contributed by atoms with van der Waals surface area (Å²) < 4.78 is 0. The summed E-state index contributed by atoms with van der Waals surface area (Å²) in [6.07, 6.45) is 0. The van der Waals surface area contributed by atoms with E-state index in [1.165, 1.54) is 0 Å². The Morgan fingerprint density at radius 3 is 2.32 bits per heavy atom. The molecular formula is C12H15ClN2O4. The van der Waals surface area contributed by atoms with Gasteiger partial charge in [0.05, 0.1) is 12.6 Å². The van der Waals surface area contributed by atoms with Crippen molar-refractivity contribution >= 4 is 23.6 Å². The number of urea groups is 1. The van der Waals surface area contributed by atoms with Gasteiger partial charge < -0.3 is 20.8 Å². The Bertz CT molecular complexity index is 450. The van der Waals surface area contributed by atoms with Crippen LogP contribution < -0.4 is 10.6 Å². The Morgan fingerprint density at radius 1 is 1.26 bits per heavy atom. The number of amides is 2. The van der Waals surface area contributed by atoms with Gasteiger partial charge >= 0.3 is 12.0 Å². The number of carbonyl (C=O) groups excluding carboxylic acids is 1. The Hall–Kier alpha value is -1.79. The maximum absolute atomic E-state index is 11.5. The Balaban J connectivity index is 2.56. The van der Waals surface area contributed by atoms with Crippen LogP contribution in [0.15, 0.2) is 24.3 Å². The first-order valence-corrected chi connectivity index (χ1v) is 5.98. The molecule has 2 atom stereocenters. The van der Waals surface area contributed by atoms with Gasteiger partial charge in [-0.1, -0.05) is 23.7 Å². The second-order valence-corrected chi connectivity index (χ2v) is 4.40. The van der Waals surface area contributed by atoms with Gasteiger partial charge in [-0.3, -0.25) is 0 Å². The number of aliphatic hydroxyl groups excluding tert-OH is 1. The van der Waals surface area contributed by atoms with E-state index in [0.717, 1.165) is 5.56 Å². The SMILES string of the molecule is CC(NC(=O)N[C@H](CO)C(=O)O)c1ccc(Cl)cc1. The summed E-state index contributed by atoms with van der Waals surface area (Å²) in [6, 6.07) is 4.61. The molecule has 0 saturated heterocycles. The molecule has 7 heteroatoms. The lowest BCUT2D eigenvalue weighted by Gasteiger charge is -2.17. The summed E-state index contributed by atoms with van der Waals surface area (Å²) in [4.78, 5) is 22.2. The first kappa shape index (κ1) is 15.3. The number of carboxylic acids is 1. The number of rotatable bonds is 5. The van der Waals surface area contributed by atoms with Gasteiger partial charge in [-0.25, -0.2) is 9.59 Å². The summed E-state index contributed by atoms with van der Waals surface area (Å²) in [5.41, 5.74) is 0.829. The second-order valence-electron chi connectivity index (χ2n) is 3.96. The largest absolute Gasteiger partial charge is 0.480 e. The number of halogens is 1. The van der Waals surface area contributed by atoms with Crippen molar-refractivity contribution in [1.29, 1.82) is 0 Å². The third kappa shape index (κ3) is 4.76. The van der Waals surface area contributed by atoms with Crippen molar-refractivity contribution in [3.8, 4) is 0 Å². The van der Waals surface area contributed by atoms with Crippen molar-refractivity contribution in [1.82, 2.24) is 10.6 Å². The van der Waals surface area contributed by atoms with E-state index in [1.54, 1.807) is 31.2 Å². The normalized spacial score (nSPS) is 13.4. The minimum Gasteiger partial charge on any atom is -0.480 e. The maximum atomic E-state index is 11.5. The van der Waals surface area contributed by atoms with E-state index in [0.29, 0.717) is 5.02 Å². The molecule has 2 amide bonds. The molecular weight excluding hydrogens is 272 g/mol. The minimum absolute atomic E-state index is 0.314. The average Bonchev–Trinajstić information content (AvgIpc) is 2.36. The average molecular weight is 287 g/mol. The van der Waals surface area contributed by atoms with Crippen LogP contribution in [-0.2, 0) is 4.79 Å². The predicted molar refractivity (Wildman–Crippen MR) is 70.0 cm³/mol.